The maximum atomic E-state index is 12.0. The summed E-state index contributed by atoms with van der Waals surface area (Å²) in [4.78, 5) is 18.1. The number of benzene rings is 1. The first kappa shape index (κ1) is 15.7. The number of hydrogen-bond acceptors (Lipinski definition) is 3. The summed E-state index contributed by atoms with van der Waals surface area (Å²) in [5.41, 5.74) is 2.23. The van der Waals surface area contributed by atoms with Crippen LogP contribution in [0.2, 0.25) is 0 Å². The Labute approximate surface area is 133 Å². The highest BCUT2D eigenvalue weighted by Crippen LogP contribution is 2.13. The molecule has 1 aromatic heterocycles. The fourth-order valence-corrected chi connectivity index (χ4v) is 2.48. The number of rotatable bonds is 5. The van der Waals surface area contributed by atoms with E-state index in [2.05, 4.69) is 32.3 Å². The smallest absolute Gasteiger partial charge is 0.239 e. The van der Waals surface area contributed by atoms with Gasteiger partial charge in [0.1, 0.15) is 5.82 Å². The van der Waals surface area contributed by atoms with Gasteiger partial charge in [0.05, 0.1) is 6.54 Å². The Balaban J connectivity index is 1.87. The largest absolute Gasteiger partial charge is 0.310 e. The van der Waals surface area contributed by atoms with Crippen LogP contribution in [0.4, 0.5) is 5.82 Å². The topological polar surface area (TPSA) is 45.2 Å². The molecule has 2 rings (SSSR count). The summed E-state index contributed by atoms with van der Waals surface area (Å²) in [7, 11) is 1.92. The van der Waals surface area contributed by atoms with Crippen molar-refractivity contribution in [3.8, 4) is 0 Å². The van der Waals surface area contributed by atoms with Crippen LogP contribution < -0.4 is 5.32 Å². The van der Waals surface area contributed by atoms with Crippen molar-refractivity contribution in [2.45, 2.75) is 13.5 Å². The van der Waals surface area contributed by atoms with Gasteiger partial charge in [-0.25, -0.2) is 4.98 Å². The average molecular weight is 348 g/mol. The van der Waals surface area contributed by atoms with Gasteiger partial charge in [0.2, 0.25) is 5.91 Å². The Morgan fingerprint density at radius 2 is 2.14 bits per heavy atom. The summed E-state index contributed by atoms with van der Waals surface area (Å²) in [6.07, 6.45) is 1.69. The Hall–Kier alpha value is -1.72. The molecule has 4 nitrogen and oxygen atoms in total. The lowest BCUT2D eigenvalue weighted by Gasteiger charge is -2.16. The second-order valence-corrected chi connectivity index (χ2v) is 5.98. The number of nitrogens with zero attached hydrogens (tertiary/aromatic N) is 2. The number of aryl methyl sites for hydroxylation is 1. The zero-order chi connectivity index (χ0) is 15.2. The van der Waals surface area contributed by atoms with E-state index in [0.29, 0.717) is 18.9 Å². The lowest BCUT2D eigenvalue weighted by molar-refractivity contribution is -0.117. The van der Waals surface area contributed by atoms with Crippen LogP contribution in [0.25, 0.3) is 0 Å². The molecule has 0 saturated carbocycles. The van der Waals surface area contributed by atoms with Crippen molar-refractivity contribution in [3.63, 3.8) is 0 Å². The summed E-state index contributed by atoms with van der Waals surface area (Å²) >= 11 is 3.45. The van der Waals surface area contributed by atoms with Gasteiger partial charge in [0, 0.05) is 17.2 Å². The molecule has 1 aromatic carbocycles. The van der Waals surface area contributed by atoms with Crippen LogP contribution in [0.3, 0.4) is 0 Å². The van der Waals surface area contributed by atoms with Crippen LogP contribution in [0, 0.1) is 6.92 Å². The Bertz CT molecular complexity index is 630. The van der Waals surface area contributed by atoms with E-state index in [1.54, 1.807) is 6.20 Å². The Morgan fingerprint density at radius 3 is 2.86 bits per heavy atom. The van der Waals surface area contributed by atoms with Crippen LogP contribution in [0.15, 0.2) is 47.1 Å². The molecular formula is C16H18BrN3O. The molecule has 0 aliphatic carbocycles. The van der Waals surface area contributed by atoms with Gasteiger partial charge in [-0.2, -0.15) is 0 Å². The molecule has 110 valence electrons. The predicted molar refractivity (Wildman–Crippen MR) is 88.1 cm³/mol. The molecular weight excluding hydrogens is 330 g/mol. The van der Waals surface area contributed by atoms with E-state index < -0.39 is 0 Å². The molecule has 0 aliphatic heterocycles. The lowest BCUT2D eigenvalue weighted by Crippen LogP contribution is -2.30. The van der Waals surface area contributed by atoms with Crippen molar-refractivity contribution in [2.75, 3.05) is 18.9 Å². The number of nitrogens with one attached hydrogen (secondary N) is 1. The van der Waals surface area contributed by atoms with Gasteiger partial charge in [0.15, 0.2) is 0 Å². The van der Waals surface area contributed by atoms with Gasteiger partial charge in [-0.05, 0) is 49.4 Å². The van der Waals surface area contributed by atoms with Crippen LogP contribution in [-0.4, -0.2) is 29.4 Å². The van der Waals surface area contributed by atoms with Gasteiger partial charge >= 0.3 is 0 Å². The maximum Gasteiger partial charge on any atom is 0.239 e. The van der Waals surface area contributed by atoms with Crippen molar-refractivity contribution in [3.05, 3.63) is 58.2 Å². The Morgan fingerprint density at radius 1 is 1.33 bits per heavy atom. The van der Waals surface area contributed by atoms with Crippen LogP contribution in [0.5, 0.6) is 0 Å². The van der Waals surface area contributed by atoms with E-state index in [0.717, 1.165) is 15.6 Å². The van der Waals surface area contributed by atoms with Crippen molar-refractivity contribution in [2.24, 2.45) is 0 Å². The van der Waals surface area contributed by atoms with Crippen molar-refractivity contribution in [1.29, 1.82) is 0 Å². The molecule has 0 unspecified atom stereocenters. The SMILES string of the molecule is Cc1ccnc(NC(=O)CN(C)Cc2cccc(Br)c2)c1. The molecule has 0 aliphatic rings. The third-order valence-electron chi connectivity index (χ3n) is 2.94. The number of halogens is 1. The molecule has 1 amide bonds. The average Bonchev–Trinajstić information content (AvgIpc) is 2.38. The number of amides is 1. The highest BCUT2D eigenvalue weighted by Gasteiger charge is 2.08. The van der Waals surface area contributed by atoms with Gasteiger partial charge in [0.25, 0.3) is 0 Å². The molecule has 0 radical (unpaired) electrons. The monoisotopic (exact) mass is 347 g/mol. The summed E-state index contributed by atoms with van der Waals surface area (Å²) in [6.45, 7) is 3.01. The van der Waals surface area contributed by atoms with E-state index in [4.69, 9.17) is 0 Å². The fourth-order valence-electron chi connectivity index (χ4n) is 2.03. The molecule has 0 atom stereocenters. The van der Waals surface area contributed by atoms with Gasteiger partial charge in [-0.15, -0.1) is 0 Å². The molecule has 0 fully saturated rings. The number of pyridine rings is 1. The standard InChI is InChI=1S/C16H18BrN3O/c1-12-6-7-18-15(8-12)19-16(21)11-20(2)10-13-4-3-5-14(17)9-13/h3-9H,10-11H2,1-2H3,(H,18,19,21). The number of anilines is 1. The van der Waals surface area contributed by atoms with Crippen molar-refractivity contribution >= 4 is 27.7 Å². The summed E-state index contributed by atoms with van der Waals surface area (Å²) in [5, 5.41) is 2.81. The molecule has 2 aromatic rings. The fraction of sp³-hybridized carbons (Fsp3) is 0.250. The molecule has 0 spiro atoms. The molecule has 1 heterocycles. The molecule has 1 N–H and O–H groups in total. The minimum atomic E-state index is -0.0643. The first-order chi connectivity index (χ1) is 10.0. The zero-order valence-corrected chi connectivity index (χ0v) is 13.7. The number of carbonyl (C=O) groups is 1. The first-order valence-corrected chi connectivity index (χ1v) is 7.48. The Kier molecular flexibility index (Phi) is 5.47. The van der Waals surface area contributed by atoms with Crippen molar-refractivity contribution in [1.82, 2.24) is 9.88 Å². The lowest BCUT2D eigenvalue weighted by atomic mass is 10.2. The van der Waals surface area contributed by atoms with Gasteiger partial charge in [-0.3, -0.25) is 9.69 Å². The maximum absolute atomic E-state index is 12.0. The number of aromatic nitrogens is 1. The van der Waals surface area contributed by atoms with E-state index in [1.807, 2.05) is 49.2 Å². The summed E-state index contributed by atoms with van der Waals surface area (Å²) in [6, 6.07) is 11.8. The normalized spacial score (nSPS) is 10.7. The third kappa shape index (κ3) is 5.28. The number of likely N-dealkylation sites (N-methyl/N-ethyl adjacent to an activating group) is 1. The van der Waals surface area contributed by atoms with E-state index in [9.17, 15) is 4.79 Å². The molecule has 0 saturated heterocycles. The van der Waals surface area contributed by atoms with Crippen LogP contribution in [-0.2, 0) is 11.3 Å². The highest BCUT2D eigenvalue weighted by molar-refractivity contribution is 9.10. The minimum Gasteiger partial charge on any atom is -0.310 e. The minimum absolute atomic E-state index is 0.0643. The highest BCUT2D eigenvalue weighted by atomic mass is 79.9. The molecule has 0 bridgehead atoms. The molecule has 21 heavy (non-hydrogen) atoms. The number of hydrogen-bond donors (Lipinski definition) is 1. The first-order valence-electron chi connectivity index (χ1n) is 6.68. The zero-order valence-electron chi connectivity index (χ0n) is 12.1. The number of carbonyl (C=O) groups excluding carboxylic acids is 1. The van der Waals surface area contributed by atoms with Gasteiger partial charge in [-0.1, -0.05) is 28.1 Å². The van der Waals surface area contributed by atoms with Crippen LogP contribution >= 0.6 is 15.9 Å². The van der Waals surface area contributed by atoms with Gasteiger partial charge < -0.3 is 5.32 Å². The predicted octanol–water partition coefficient (Wildman–Crippen LogP) is 3.22. The molecule has 5 heteroatoms. The summed E-state index contributed by atoms with van der Waals surface area (Å²) in [5.74, 6) is 0.529. The van der Waals surface area contributed by atoms with E-state index >= 15 is 0 Å². The second-order valence-electron chi connectivity index (χ2n) is 5.07. The quantitative estimate of drug-likeness (QED) is 0.902. The third-order valence-corrected chi connectivity index (χ3v) is 3.43. The van der Waals surface area contributed by atoms with Crippen LogP contribution in [0.1, 0.15) is 11.1 Å². The van der Waals surface area contributed by atoms with Crippen molar-refractivity contribution < 1.29 is 4.79 Å². The summed E-state index contributed by atoms with van der Waals surface area (Å²) < 4.78 is 1.04. The van der Waals surface area contributed by atoms with E-state index in [1.165, 1.54) is 0 Å². The van der Waals surface area contributed by atoms with E-state index in [-0.39, 0.29) is 5.91 Å². The second kappa shape index (κ2) is 7.33.